The van der Waals surface area contributed by atoms with Crippen LogP contribution in [0.3, 0.4) is 0 Å². The highest BCUT2D eigenvalue weighted by atomic mass is 35.5. The summed E-state index contributed by atoms with van der Waals surface area (Å²) in [6.45, 7) is 0. The molecule has 2 rings (SSSR count). The van der Waals surface area contributed by atoms with Crippen LogP contribution in [0.5, 0.6) is 0 Å². The topological polar surface area (TPSA) is 60.2 Å². The zero-order valence-electron chi connectivity index (χ0n) is 9.47. The fourth-order valence-corrected chi connectivity index (χ4v) is 2.22. The van der Waals surface area contributed by atoms with Gasteiger partial charge in [0, 0.05) is 21.7 Å². The van der Waals surface area contributed by atoms with Gasteiger partial charge in [-0.3, -0.25) is 14.9 Å². The van der Waals surface area contributed by atoms with Gasteiger partial charge in [0.2, 0.25) is 0 Å². The molecule has 0 bridgehead atoms. The molecule has 0 heterocycles. The zero-order valence-corrected chi connectivity index (χ0v) is 11.0. The Labute approximate surface area is 118 Å². The van der Waals surface area contributed by atoms with Crippen molar-refractivity contribution in [2.75, 3.05) is 0 Å². The molecule has 0 aromatic heterocycles. The molecule has 0 amide bonds. The van der Waals surface area contributed by atoms with Crippen LogP contribution >= 0.6 is 23.2 Å². The number of hydrogen-bond acceptors (Lipinski definition) is 3. The number of halogens is 2. The van der Waals surface area contributed by atoms with Gasteiger partial charge in [0.05, 0.1) is 10.5 Å². The standard InChI is InChI=1S/C13H7Cl2NO3/c14-10-2-3-11(12(15)6-10)8-1-4-13(16(18)19)9(5-8)7-17/h1-7H. The van der Waals surface area contributed by atoms with Gasteiger partial charge < -0.3 is 0 Å². The summed E-state index contributed by atoms with van der Waals surface area (Å²) < 4.78 is 0. The van der Waals surface area contributed by atoms with Crippen molar-refractivity contribution < 1.29 is 9.72 Å². The van der Waals surface area contributed by atoms with E-state index in [4.69, 9.17) is 23.2 Å². The second-order valence-corrected chi connectivity index (χ2v) is 4.62. The lowest BCUT2D eigenvalue weighted by Gasteiger charge is -2.06. The summed E-state index contributed by atoms with van der Waals surface area (Å²) >= 11 is 11.9. The second kappa shape index (κ2) is 5.38. The van der Waals surface area contributed by atoms with Gasteiger partial charge in [0.25, 0.3) is 5.69 Å². The summed E-state index contributed by atoms with van der Waals surface area (Å²) in [5.74, 6) is 0. The number of nitrogens with zero attached hydrogens (tertiary/aromatic N) is 1. The third-order valence-electron chi connectivity index (χ3n) is 2.59. The molecule has 2 aromatic carbocycles. The van der Waals surface area contributed by atoms with E-state index in [-0.39, 0.29) is 11.3 Å². The van der Waals surface area contributed by atoms with E-state index in [0.717, 1.165) is 0 Å². The molecule has 19 heavy (non-hydrogen) atoms. The van der Waals surface area contributed by atoms with Crippen molar-refractivity contribution in [2.24, 2.45) is 0 Å². The lowest BCUT2D eigenvalue weighted by atomic mass is 10.0. The maximum atomic E-state index is 10.9. The Morgan fingerprint density at radius 1 is 1.11 bits per heavy atom. The number of carbonyl (C=O) groups is 1. The average molecular weight is 296 g/mol. The molecule has 0 saturated heterocycles. The maximum Gasteiger partial charge on any atom is 0.279 e. The van der Waals surface area contributed by atoms with E-state index in [1.54, 1.807) is 24.3 Å². The van der Waals surface area contributed by atoms with E-state index in [9.17, 15) is 14.9 Å². The molecule has 0 atom stereocenters. The Balaban J connectivity index is 2.57. The summed E-state index contributed by atoms with van der Waals surface area (Å²) in [4.78, 5) is 21.0. The van der Waals surface area contributed by atoms with Crippen LogP contribution in [0.4, 0.5) is 5.69 Å². The van der Waals surface area contributed by atoms with Crippen LogP contribution in [0.15, 0.2) is 36.4 Å². The first-order valence-electron chi connectivity index (χ1n) is 5.22. The predicted octanol–water partition coefficient (Wildman–Crippen LogP) is 4.38. The fourth-order valence-electron chi connectivity index (χ4n) is 1.71. The second-order valence-electron chi connectivity index (χ2n) is 3.77. The third kappa shape index (κ3) is 2.75. The molecule has 0 fully saturated rings. The van der Waals surface area contributed by atoms with E-state index < -0.39 is 4.92 Å². The van der Waals surface area contributed by atoms with Crippen molar-refractivity contribution in [1.29, 1.82) is 0 Å². The van der Waals surface area contributed by atoms with E-state index in [1.807, 2.05) is 0 Å². The number of carbonyl (C=O) groups excluding carboxylic acids is 1. The SMILES string of the molecule is O=Cc1cc(-c2ccc(Cl)cc2Cl)ccc1[N+](=O)[O-]. The first-order valence-corrected chi connectivity index (χ1v) is 5.97. The smallest absolute Gasteiger partial charge is 0.279 e. The summed E-state index contributed by atoms with van der Waals surface area (Å²) in [6, 6.07) is 9.18. The maximum absolute atomic E-state index is 10.9. The van der Waals surface area contributed by atoms with Gasteiger partial charge in [0.15, 0.2) is 6.29 Å². The van der Waals surface area contributed by atoms with Gasteiger partial charge in [-0.05, 0) is 29.8 Å². The van der Waals surface area contributed by atoms with E-state index >= 15 is 0 Å². The molecule has 96 valence electrons. The molecular formula is C13H7Cl2NO3. The molecule has 0 aliphatic carbocycles. The van der Waals surface area contributed by atoms with Crippen LogP contribution in [0.1, 0.15) is 10.4 Å². The van der Waals surface area contributed by atoms with Gasteiger partial charge in [-0.2, -0.15) is 0 Å². The van der Waals surface area contributed by atoms with E-state index in [0.29, 0.717) is 27.5 Å². The number of aldehydes is 1. The number of hydrogen-bond donors (Lipinski definition) is 0. The molecular weight excluding hydrogens is 289 g/mol. The predicted molar refractivity (Wildman–Crippen MR) is 73.9 cm³/mol. The molecule has 0 unspecified atom stereocenters. The van der Waals surface area contributed by atoms with Crippen molar-refractivity contribution in [3.63, 3.8) is 0 Å². The molecule has 2 aromatic rings. The molecule has 0 saturated carbocycles. The Morgan fingerprint density at radius 3 is 2.42 bits per heavy atom. The van der Waals surface area contributed by atoms with Crippen LogP contribution in [0.25, 0.3) is 11.1 Å². The number of nitro groups is 1. The third-order valence-corrected chi connectivity index (χ3v) is 3.14. The average Bonchev–Trinajstić information content (AvgIpc) is 2.37. The highest BCUT2D eigenvalue weighted by Gasteiger charge is 2.15. The van der Waals surface area contributed by atoms with Crippen molar-refractivity contribution in [2.45, 2.75) is 0 Å². The minimum atomic E-state index is -0.600. The molecule has 4 nitrogen and oxygen atoms in total. The van der Waals surface area contributed by atoms with Gasteiger partial charge >= 0.3 is 0 Å². The van der Waals surface area contributed by atoms with Crippen molar-refractivity contribution in [1.82, 2.24) is 0 Å². The van der Waals surface area contributed by atoms with Gasteiger partial charge in [-0.15, -0.1) is 0 Å². The molecule has 0 radical (unpaired) electrons. The normalized spacial score (nSPS) is 10.2. The Morgan fingerprint density at radius 2 is 1.84 bits per heavy atom. The molecule has 0 aliphatic rings. The number of rotatable bonds is 3. The largest absolute Gasteiger partial charge is 0.298 e. The van der Waals surface area contributed by atoms with Crippen LogP contribution in [0.2, 0.25) is 10.0 Å². The Hall–Kier alpha value is -1.91. The van der Waals surface area contributed by atoms with Crippen molar-refractivity contribution in [3.8, 4) is 11.1 Å². The fraction of sp³-hybridized carbons (Fsp3) is 0. The quantitative estimate of drug-likeness (QED) is 0.479. The minimum absolute atomic E-state index is 0.00789. The summed E-state index contributed by atoms with van der Waals surface area (Å²) in [5, 5.41) is 11.7. The van der Waals surface area contributed by atoms with Crippen LogP contribution in [-0.4, -0.2) is 11.2 Å². The Bertz CT molecular complexity index is 671. The number of benzene rings is 2. The Kier molecular flexibility index (Phi) is 3.83. The molecule has 0 aliphatic heterocycles. The van der Waals surface area contributed by atoms with Crippen LogP contribution in [-0.2, 0) is 0 Å². The highest BCUT2D eigenvalue weighted by molar-refractivity contribution is 6.36. The summed E-state index contributed by atoms with van der Waals surface area (Å²) in [7, 11) is 0. The number of nitro benzene ring substituents is 1. The van der Waals surface area contributed by atoms with Gasteiger partial charge in [0.1, 0.15) is 0 Å². The molecule has 6 heteroatoms. The molecule has 0 spiro atoms. The summed E-state index contributed by atoms with van der Waals surface area (Å²) in [5.41, 5.74) is 1.05. The van der Waals surface area contributed by atoms with Crippen LogP contribution < -0.4 is 0 Å². The van der Waals surface area contributed by atoms with Gasteiger partial charge in [-0.1, -0.05) is 29.3 Å². The van der Waals surface area contributed by atoms with Gasteiger partial charge in [-0.25, -0.2) is 0 Å². The minimum Gasteiger partial charge on any atom is -0.298 e. The summed E-state index contributed by atoms with van der Waals surface area (Å²) in [6.07, 6.45) is 0.450. The molecule has 0 N–H and O–H groups in total. The zero-order chi connectivity index (χ0) is 14.0. The lowest BCUT2D eigenvalue weighted by molar-refractivity contribution is -0.385. The van der Waals surface area contributed by atoms with Crippen LogP contribution in [0, 0.1) is 10.1 Å². The lowest BCUT2D eigenvalue weighted by Crippen LogP contribution is -1.94. The van der Waals surface area contributed by atoms with Crippen molar-refractivity contribution >= 4 is 35.2 Å². The van der Waals surface area contributed by atoms with Crippen molar-refractivity contribution in [3.05, 3.63) is 62.1 Å². The van der Waals surface area contributed by atoms with E-state index in [1.165, 1.54) is 12.1 Å². The first-order chi connectivity index (χ1) is 9.02. The highest BCUT2D eigenvalue weighted by Crippen LogP contribution is 2.32. The van der Waals surface area contributed by atoms with E-state index in [2.05, 4.69) is 0 Å². The monoisotopic (exact) mass is 295 g/mol. The first kappa shape index (κ1) is 13.5.